The van der Waals surface area contributed by atoms with Gasteiger partial charge in [-0.05, 0) is 23.8 Å². The predicted molar refractivity (Wildman–Crippen MR) is 94.6 cm³/mol. The number of methoxy groups -OCH3 is 2. The number of nitrogens with two attached hydrogens (primary N) is 2. The van der Waals surface area contributed by atoms with E-state index in [1.165, 1.54) is 0 Å². The van der Waals surface area contributed by atoms with E-state index in [1.54, 1.807) is 20.4 Å². The Kier molecular flexibility index (Phi) is 4.15. The van der Waals surface area contributed by atoms with E-state index in [9.17, 15) is 0 Å². The van der Waals surface area contributed by atoms with Crippen LogP contribution < -0.4 is 20.9 Å². The maximum atomic E-state index is 5.88. The van der Waals surface area contributed by atoms with Crippen LogP contribution in [0.3, 0.4) is 0 Å². The van der Waals surface area contributed by atoms with E-state index in [0.29, 0.717) is 16.9 Å². The number of hydrogen-bond donors (Lipinski definition) is 2. The number of pyridine rings is 1. The second kappa shape index (κ2) is 6.41. The van der Waals surface area contributed by atoms with Crippen molar-refractivity contribution in [2.24, 2.45) is 0 Å². The van der Waals surface area contributed by atoms with Crippen LogP contribution in [0.25, 0.3) is 23.2 Å². The van der Waals surface area contributed by atoms with Crippen molar-refractivity contribution < 1.29 is 9.47 Å². The van der Waals surface area contributed by atoms with Gasteiger partial charge >= 0.3 is 0 Å². The number of aromatic nitrogens is 3. The van der Waals surface area contributed by atoms with E-state index < -0.39 is 0 Å². The summed E-state index contributed by atoms with van der Waals surface area (Å²) in [5.74, 6) is 1.87. The Morgan fingerprint density at radius 3 is 2.58 bits per heavy atom. The fourth-order valence-electron chi connectivity index (χ4n) is 2.30. The topological polar surface area (TPSA) is 109 Å². The van der Waals surface area contributed by atoms with Crippen molar-refractivity contribution in [3.8, 4) is 11.5 Å². The smallest absolute Gasteiger partial charge is 0.224 e. The maximum Gasteiger partial charge on any atom is 0.224 e. The van der Waals surface area contributed by atoms with Gasteiger partial charge in [0.25, 0.3) is 0 Å². The second-order valence-electron chi connectivity index (χ2n) is 5.05. The van der Waals surface area contributed by atoms with Gasteiger partial charge in [-0.2, -0.15) is 9.97 Å². The molecule has 122 valence electrons. The first-order valence-electron chi connectivity index (χ1n) is 7.19. The van der Waals surface area contributed by atoms with Crippen molar-refractivity contribution in [3.05, 3.63) is 41.6 Å². The highest BCUT2D eigenvalue weighted by Crippen LogP contribution is 2.26. The Labute approximate surface area is 139 Å². The molecule has 7 nitrogen and oxygen atoms in total. The van der Waals surface area contributed by atoms with Crippen molar-refractivity contribution in [2.45, 2.75) is 0 Å². The molecule has 0 bridgehead atoms. The maximum absolute atomic E-state index is 5.88. The minimum absolute atomic E-state index is 0.110. The van der Waals surface area contributed by atoms with Crippen molar-refractivity contribution in [3.63, 3.8) is 0 Å². The first-order chi connectivity index (χ1) is 11.6. The molecule has 4 N–H and O–H groups in total. The van der Waals surface area contributed by atoms with Gasteiger partial charge in [-0.15, -0.1) is 0 Å². The number of nitrogen functional groups attached to an aromatic ring is 2. The lowest BCUT2D eigenvalue weighted by molar-refractivity contribution is 0.394. The number of anilines is 2. The fraction of sp³-hybridized carbons (Fsp3) is 0.118. The summed E-state index contributed by atoms with van der Waals surface area (Å²) >= 11 is 0. The van der Waals surface area contributed by atoms with Crippen LogP contribution in [0.5, 0.6) is 11.5 Å². The Morgan fingerprint density at radius 2 is 1.83 bits per heavy atom. The normalized spacial score (nSPS) is 11.1. The number of rotatable bonds is 4. The zero-order valence-electron chi connectivity index (χ0n) is 13.4. The van der Waals surface area contributed by atoms with Crippen molar-refractivity contribution in [1.29, 1.82) is 0 Å². The van der Waals surface area contributed by atoms with Crippen molar-refractivity contribution >= 4 is 35.0 Å². The third-order valence-electron chi connectivity index (χ3n) is 3.52. The van der Waals surface area contributed by atoms with Gasteiger partial charge in [-0.1, -0.05) is 12.2 Å². The molecule has 7 heteroatoms. The average Bonchev–Trinajstić information content (AvgIpc) is 2.59. The van der Waals surface area contributed by atoms with E-state index in [4.69, 9.17) is 20.9 Å². The summed E-state index contributed by atoms with van der Waals surface area (Å²) in [7, 11) is 3.23. The largest absolute Gasteiger partial charge is 0.497 e. The van der Waals surface area contributed by atoms with E-state index in [0.717, 1.165) is 22.6 Å². The van der Waals surface area contributed by atoms with Crippen LogP contribution in [0.1, 0.15) is 11.1 Å². The molecule has 0 radical (unpaired) electrons. The molecule has 0 saturated heterocycles. The molecule has 0 fully saturated rings. The van der Waals surface area contributed by atoms with Crippen LogP contribution in [-0.2, 0) is 0 Å². The molecule has 0 atom stereocenters. The first-order valence-corrected chi connectivity index (χ1v) is 7.19. The Balaban J connectivity index is 1.96. The molecule has 0 aliphatic carbocycles. The molecule has 0 saturated carbocycles. The SMILES string of the molecule is COc1ccc(/C=C/c2cnc3nc(N)nc(N)c3c2)c(OC)c1. The Morgan fingerprint density at radius 1 is 1.00 bits per heavy atom. The average molecular weight is 323 g/mol. The van der Waals surface area contributed by atoms with Crippen LogP contribution in [0.15, 0.2) is 30.5 Å². The Bertz CT molecular complexity index is 924. The lowest BCUT2D eigenvalue weighted by Gasteiger charge is -2.07. The lowest BCUT2D eigenvalue weighted by Crippen LogP contribution is -2.01. The fourth-order valence-corrected chi connectivity index (χ4v) is 2.30. The molecule has 0 aliphatic rings. The monoisotopic (exact) mass is 323 g/mol. The first kappa shape index (κ1) is 15.5. The minimum atomic E-state index is 0.110. The molecule has 24 heavy (non-hydrogen) atoms. The summed E-state index contributed by atoms with van der Waals surface area (Å²) in [5.41, 5.74) is 13.7. The van der Waals surface area contributed by atoms with E-state index in [2.05, 4.69) is 15.0 Å². The summed E-state index contributed by atoms with van der Waals surface area (Å²) in [6.45, 7) is 0. The summed E-state index contributed by atoms with van der Waals surface area (Å²) in [4.78, 5) is 12.3. The number of fused-ring (bicyclic) bond motifs is 1. The van der Waals surface area contributed by atoms with E-state index in [1.807, 2.05) is 36.4 Å². The zero-order valence-corrected chi connectivity index (χ0v) is 13.4. The molecule has 0 aliphatic heterocycles. The van der Waals surface area contributed by atoms with Crippen molar-refractivity contribution in [1.82, 2.24) is 15.0 Å². The minimum Gasteiger partial charge on any atom is -0.497 e. The third-order valence-corrected chi connectivity index (χ3v) is 3.52. The van der Waals surface area contributed by atoms with Gasteiger partial charge in [0.05, 0.1) is 19.6 Å². The lowest BCUT2D eigenvalue weighted by atomic mass is 10.1. The molecule has 1 aromatic carbocycles. The molecular weight excluding hydrogens is 306 g/mol. The number of nitrogens with zero attached hydrogens (tertiary/aromatic N) is 3. The molecule has 3 aromatic rings. The van der Waals surface area contributed by atoms with Crippen LogP contribution in [0, 0.1) is 0 Å². The van der Waals surface area contributed by atoms with Crippen molar-refractivity contribution in [2.75, 3.05) is 25.7 Å². The molecule has 0 unspecified atom stereocenters. The Hall–Kier alpha value is -3.35. The van der Waals surface area contributed by atoms with Gasteiger partial charge < -0.3 is 20.9 Å². The molecule has 2 aromatic heterocycles. The molecule has 0 spiro atoms. The van der Waals surface area contributed by atoms with Gasteiger partial charge in [0, 0.05) is 17.8 Å². The van der Waals surface area contributed by atoms with Crippen LogP contribution in [-0.4, -0.2) is 29.2 Å². The highest BCUT2D eigenvalue weighted by Gasteiger charge is 2.05. The second-order valence-corrected chi connectivity index (χ2v) is 5.05. The van der Waals surface area contributed by atoms with Gasteiger partial charge in [0.15, 0.2) is 5.65 Å². The summed E-state index contributed by atoms with van der Waals surface area (Å²) in [5, 5.41) is 0.660. The van der Waals surface area contributed by atoms with Gasteiger partial charge in [-0.25, -0.2) is 4.98 Å². The number of ether oxygens (including phenoxy) is 2. The van der Waals surface area contributed by atoms with Gasteiger partial charge in [0.1, 0.15) is 17.3 Å². The predicted octanol–water partition coefficient (Wildman–Crippen LogP) is 2.38. The summed E-state index contributed by atoms with van der Waals surface area (Å²) in [6, 6.07) is 7.48. The van der Waals surface area contributed by atoms with E-state index in [-0.39, 0.29) is 5.95 Å². The molecular formula is C17H17N5O2. The summed E-state index contributed by atoms with van der Waals surface area (Å²) in [6.07, 6.45) is 5.53. The van der Waals surface area contributed by atoms with Crippen LogP contribution >= 0.6 is 0 Å². The molecule has 2 heterocycles. The highest BCUT2D eigenvalue weighted by atomic mass is 16.5. The standard InChI is InChI=1S/C17H17N5O2/c1-23-12-6-5-11(14(8-12)24-2)4-3-10-7-13-15(18)21-17(19)22-16(13)20-9-10/h3-9H,1-2H3,(H4,18,19,20,21,22)/b4-3+. The van der Waals surface area contributed by atoms with E-state index >= 15 is 0 Å². The molecule has 3 rings (SSSR count). The zero-order chi connectivity index (χ0) is 17.1. The quantitative estimate of drug-likeness (QED) is 0.758. The molecule has 0 amide bonds. The van der Waals surface area contributed by atoms with Crippen LogP contribution in [0.4, 0.5) is 11.8 Å². The van der Waals surface area contributed by atoms with Crippen LogP contribution in [0.2, 0.25) is 0 Å². The highest BCUT2D eigenvalue weighted by molar-refractivity contribution is 5.88. The summed E-state index contributed by atoms with van der Waals surface area (Å²) < 4.78 is 10.6. The van der Waals surface area contributed by atoms with Gasteiger partial charge in [-0.3, -0.25) is 0 Å². The number of benzene rings is 1. The third kappa shape index (κ3) is 3.05. The van der Waals surface area contributed by atoms with Gasteiger partial charge in [0.2, 0.25) is 5.95 Å². The number of hydrogen-bond acceptors (Lipinski definition) is 7.